The molecule has 32 heavy (non-hydrogen) atoms. The third-order valence-electron chi connectivity index (χ3n) is 4.88. The molecule has 0 aliphatic heterocycles. The summed E-state index contributed by atoms with van der Waals surface area (Å²) >= 11 is 0. The lowest BCUT2D eigenvalue weighted by Gasteiger charge is -2.13. The first kappa shape index (κ1) is 19.3. The normalized spacial score (nSPS) is 11.0. The summed E-state index contributed by atoms with van der Waals surface area (Å²) in [5.74, 6) is 0.422. The highest BCUT2D eigenvalue weighted by molar-refractivity contribution is 5.94. The third kappa shape index (κ3) is 3.86. The first-order valence-electron chi connectivity index (χ1n) is 9.78. The molecule has 2 aromatic heterocycles. The van der Waals surface area contributed by atoms with E-state index in [2.05, 4.69) is 20.5 Å². The van der Waals surface area contributed by atoms with Crippen LogP contribution in [0, 0.1) is 0 Å². The number of anilines is 3. The number of hydrogen-bond donors (Lipinski definition) is 4. The van der Waals surface area contributed by atoms with Gasteiger partial charge in [-0.25, -0.2) is 14.8 Å². The van der Waals surface area contributed by atoms with E-state index in [0.717, 1.165) is 22.2 Å². The molecular weight excluding hydrogens is 408 g/mol. The largest absolute Gasteiger partial charge is 0.482 e. The summed E-state index contributed by atoms with van der Waals surface area (Å²) in [5.41, 5.74) is 9.76. The highest BCUT2D eigenvalue weighted by Gasteiger charge is 2.13. The zero-order valence-corrected chi connectivity index (χ0v) is 16.7. The molecule has 9 heteroatoms. The summed E-state index contributed by atoms with van der Waals surface area (Å²) in [6.07, 6.45) is 1.74. The Morgan fingerprint density at radius 2 is 2.00 bits per heavy atom. The topological polar surface area (TPSA) is 139 Å². The zero-order chi connectivity index (χ0) is 22.1. The van der Waals surface area contributed by atoms with Gasteiger partial charge >= 0.3 is 5.97 Å². The fourth-order valence-corrected chi connectivity index (χ4v) is 3.40. The lowest BCUT2D eigenvalue weighted by Crippen LogP contribution is -2.09. The number of H-pyrrole nitrogens is 1. The number of aromatic nitrogens is 4. The number of nitrogens with one attached hydrogen (secondary N) is 2. The van der Waals surface area contributed by atoms with E-state index in [1.54, 1.807) is 30.5 Å². The fourth-order valence-electron chi connectivity index (χ4n) is 3.40. The number of fused-ring (bicyclic) bond motifs is 2. The molecule has 0 fully saturated rings. The number of carbonyl (C=O) groups is 1. The number of aromatic amines is 1. The first-order chi connectivity index (χ1) is 15.5. The van der Waals surface area contributed by atoms with Gasteiger partial charge in [0.05, 0.1) is 17.2 Å². The standard InChI is InChI=1S/C23H18N6O3/c24-15-3-1-2-13(8-15)22-27-20-7-5-17(32-12-21(30)31)10-18(20)23(28-22)26-16-4-6-19-14(9-16)11-25-29-19/h1-11H,12,24H2,(H,25,29)(H,30,31)(H,26,27,28). The molecule has 2 heterocycles. The van der Waals surface area contributed by atoms with Crippen LogP contribution in [0.5, 0.6) is 5.75 Å². The van der Waals surface area contributed by atoms with Gasteiger partial charge in [-0.05, 0) is 48.5 Å². The third-order valence-corrected chi connectivity index (χ3v) is 4.88. The number of nitrogens with zero attached hydrogens (tertiary/aromatic N) is 3. The Labute approximate surface area is 181 Å². The predicted molar refractivity (Wildman–Crippen MR) is 122 cm³/mol. The van der Waals surface area contributed by atoms with Crippen molar-refractivity contribution in [2.24, 2.45) is 0 Å². The van der Waals surface area contributed by atoms with Gasteiger partial charge in [-0.1, -0.05) is 12.1 Å². The first-order valence-corrected chi connectivity index (χ1v) is 9.78. The highest BCUT2D eigenvalue weighted by atomic mass is 16.5. The summed E-state index contributed by atoms with van der Waals surface area (Å²) in [6.45, 7) is -0.437. The second-order valence-electron chi connectivity index (χ2n) is 7.18. The number of carboxylic acids is 1. The van der Waals surface area contributed by atoms with Gasteiger partial charge in [-0.2, -0.15) is 5.10 Å². The van der Waals surface area contributed by atoms with Crippen LogP contribution in [0.1, 0.15) is 0 Å². The number of rotatable bonds is 6. The monoisotopic (exact) mass is 426 g/mol. The van der Waals surface area contributed by atoms with Gasteiger partial charge in [-0.15, -0.1) is 0 Å². The van der Waals surface area contributed by atoms with Crippen molar-refractivity contribution in [3.8, 4) is 17.1 Å². The van der Waals surface area contributed by atoms with E-state index in [-0.39, 0.29) is 0 Å². The molecule has 5 rings (SSSR count). The van der Waals surface area contributed by atoms with E-state index < -0.39 is 12.6 Å². The number of hydrogen-bond acceptors (Lipinski definition) is 7. The van der Waals surface area contributed by atoms with Gasteiger partial charge < -0.3 is 20.9 Å². The molecule has 0 atom stereocenters. The number of nitrogens with two attached hydrogens (primary N) is 1. The zero-order valence-electron chi connectivity index (χ0n) is 16.7. The Morgan fingerprint density at radius 3 is 2.84 bits per heavy atom. The van der Waals surface area contributed by atoms with Crippen molar-refractivity contribution < 1.29 is 14.6 Å². The molecule has 0 saturated heterocycles. The lowest BCUT2D eigenvalue weighted by molar-refractivity contribution is -0.139. The second-order valence-corrected chi connectivity index (χ2v) is 7.18. The highest BCUT2D eigenvalue weighted by Crippen LogP contribution is 2.31. The molecule has 0 unspecified atom stereocenters. The van der Waals surface area contributed by atoms with Gasteiger partial charge in [0.2, 0.25) is 0 Å². The van der Waals surface area contributed by atoms with Crippen molar-refractivity contribution in [1.82, 2.24) is 20.2 Å². The number of ether oxygens (including phenoxy) is 1. The maximum atomic E-state index is 10.9. The van der Waals surface area contributed by atoms with Crippen molar-refractivity contribution in [2.45, 2.75) is 0 Å². The molecule has 5 aromatic rings. The quantitative estimate of drug-likeness (QED) is 0.299. The number of aliphatic carboxylic acids is 1. The summed E-state index contributed by atoms with van der Waals surface area (Å²) in [5, 5.41) is 20.9. The van der Waals surface area contributed by atoms with Crippen LogP contribution in [0.15, 0.2) is 66.9 Å². The lowest BCUT2D eigenvalue weighted by atomic mass is 10.1. The average Bonchev–Trinajstić information content (AvgIpc) is 3.25. The van der Waals surface area contributed by atoms with Crippen LogP contribution < -0.4 is 15.8 Å². The summed E-state index contributed by atoms with van der Waals surface area (Å²) in [4.78, 5) is 20.3. The molecule has 0 aliphatic carbocycles. The van der Waals surface area contributed by atoms with E-state index in [9.17, 15) is 4.79 Å². The van der Waals surface area contributed by atoms with Gasteiger partial charge in [-0.3, -0.25) is 5.10 Å². The smallest absolute Gasteiger partial charge is 0.341 e. The Bertz CT molecular complexity index is 1460. The van der Waals surface area contributed by atoms with Gasteiger partial charge in [0, 0.05) is 27.7 Å². The molecule has 0 saturated carbocycles. The van der Waals surface area contributed by atoms with Crippen LogP contribution in [0.3, 0.4) is 0 Å². The average molecular weight is 426 g/mol. The van der Waals surface area contributed by atoms with Crippen LogP contribution in [0.25, 0.3) is 33.2 Å². The summed E-state index contributed by atoms with van der Waals surface area (Å²) in [7, 11) is 0. The molecule has 3 aromatic carbocycles. The van der Waals surface area contributed by atoms with E-state index in [4.69, 9.17) is 20.6 Å². The number of benzene rings is 3. The molecular formula is C23H18N6O3. The van der Waals surface area contributed by atoms with Crippen LogP contribution in [-0.2, 0) is 4.79 Å². The Balaban J connectivity index is 1.62. The maximum Gasteiger partial charge on any atom is 0.341 e. The van der Waals surface area contributed by atoms with Crippen LogP contribution in [0.2, 0.25) is 0 Å². The molecule has 0 radical (unpaired) electrons. The van der Waals surface area contributed by atoms with Crippen molar-refractivity contribution in [1.29, 1.82) is 0 Å². The molecule has 0 bridgehead atoms. The fraction of sp³-hybridized carbons (Fsp3) is 0.0435. The number of nitrogen functional groups attached to an aromatic ring is 1. The van der Waals surface area contributed by atoms with Crippen molar-refractivity contribution in [2.75, 3.05) is 17.7 Å². The minimum atomic E-state index is -1.05. The Morgan fingerprint density at radius 1 is 1.09 bits per heavy atom. The van der Waals surface area contributed by atoms with Crippen LogP contribution >= 0.6 is 0 Å². The Kier molecular flexibility index (Phi) is 4.75. The molecule has 0 aliphatic rings. The molecule has 158 valence electrons. The molecule has 5 N–H and O–H groups in total. The van der Waals surface area contributed by atoms with Crippen LogP contribution in [-0.4, -0.2) is 37.8 Å². The van der Waals surface area contributed by atoms with Crippen molar-refractivity contribution in [3.63, 3.8) is 0 Å². The summed E-state index contributed by atoms with van der Waals surface area (Å²) in [6, 6.07) is 18.3. The predicted octanol–water partition coefficient (Wildman–Crippen LogP) is 3.96. The van der Waals surface area contributed by atoms with E-state index >= 15 is 0 Å². The second kappa shape index (κ2) is 7.88. The van der Waals surface area contributed by atoms with E-state index in [1.807, 2.05) is 36.4 Å². The van der Waals surface area contributed by atoms with Gasteiger partial charge in [0.15, 0.2) is 12.4 Å². The van der Waals surface area contributed by atoms with Crippen molar-refractivity contribution in [3.05, 3.63) is 66.9 Å². The minimum Gasteiger partial charge on any atom is -0.482 e. The molecule has 0 amide bonds. The Hall–Kier alpha value is -4.66. The van der Waals surface area contributed by atoms with Gasteiger partial charge in [0.1, 0.15) is 11.6 Å². The molecule has 0 spiro atoms. The maximum absolute atomic E-state index is 10.9. The number of carboxylic acid groups (broad SMARTS) is 1. The van der Waals surface area contributed by atoms with E-state index in [1.165, 1.54) is 0 Å². The SMILES string of the molecule is Nc1cccc(-c2nc(Nc3ccc4[nH]ncc4c3)c3cc(OCC(=O)O)ccc3n2)c1. The molecule has 9 nitrogen and oxygen atoms in total. The van der Waals surface area contributed by atoms with Crippen LogP contribution in [0.4, 0.5) is 17.2 Å². The van der Waals surface area contributed by atoms with Crippen molar-refractivity contribution >= 4 is 45.0 Å². The van der Waals surface area contributed by atoms with Gasteiger partial charge in [0.25, 0.3) is 0 Å². The minimum absolute atomic E-state index is 0.411. The summed E-state index contributed by atoms with van der Waals surface area (Å²) < 4.78 is 5.35. The van der Waals surface area contributed by atoms with E-state index in [0.29, 0.717) is 34.0 Å².